The molecule has 0 aromatic heterocycles. The number of hydrogen-bond donors (Lipinski definition) is 1. The Hall–Kier alpha value is -4.46. The number of non-ortho nitro benzene ring substituents is 1. The molecule has 1 amide bonds. The predicted octanol–water partition coefficient (Wildman–Crippen LogP) is 4.62. The molecule has 1 heterocycles. The third-order valence-corrected chi connectivity index (χ3v) is 5.32. The molecule has 0 bridgehead atoms. The molecule has 3 aromatic rings. The van der Waals surface area contributed by atoms with E-state index >= 15 is 0 Å². The summed E-state index contributed by atoms with van der Waals surface area (Å²) in [5.74, 6) is -1.48. The zero-order valence-corrected chi connectivity index (χ0v) is 17.7. The molecule has 8 heteroatoms. The summed E-state index contributed by atoms with van der Waals surface area (Å²) in [6.07, 6.45) is 0. The molecule has 1 saturated heterocycles. The van der Waals surface area contributed by atoms with Gasteiger partial charge in [-0.1, -0.05) is 30.3 Å². The molecule has 0 spiro atoms. The number of ether oxygens (including phenoxy) is 1. The van der Waals surface area contributed by atoms with Crippen LogP contribution in [0.2, 0.25) is 0 Å². The van der Waals surface area contributed by atoms with Gasteiger partial charge in [-0.05, 0) is 48.9 Å². The van der Waals surface area contributed by atoms with Gasteiger partial charge in [0, 0.05) is 23.4 Å². The third-order valence-electron chi connectivity index (χ3n) is 5.32. The molecule has 1 fully saturated rings. The molecule has 0 aliphatic carbocycles. The average molecular weight is 444 g/mol. The van der Waals surface area contributed by atoms with Gasteiger partial charge in [0.2, 0.25) is 0 Å². The van der Waals surface area contributed by atoms with Gasteiger partial charge in [0.1, 0.15) is 11.5 Å². The Morgan fingerprint density at radius 1 is 1.03 bits per heavy atom. The van der Waals surface area contributed by atoms with E-state index in [-0.39, 0.29) is 16.8 Å². The Bertz CT molecular complexity index is 1250. The zero-order valence-electron chi connectivity index (χ0n) is 17.7. The van der Waals surface area contributed by atoms with Crippen LogP contribution >= 0.6 is 0 Å². The Morgan fingerprint density at radius 3 is 2.36 bits per heavy atom. The average Bonchev–Trinajstić information content (AvgIpc) is 3.10. The molecule has 8 nitrogen and oxygen atoms in total. The molecule has 1 N–H and O–H groups in total. The van der Waals surface area contributed by atoms with Gasteiger partial charge in [0.15, 0.2) is 0 Å². The van der Waals surface area contributed by atoms with E-state index in [4.69, 9.17) is 4.74 Å². The van der Waals surface area contributed by atoms with Crippen molar-refractivity contribution in [3.05, 3.63) is 106 Å². The second-order valence-electron chi connectivity index (χ2n) is 7.31. The molecule has 1 aliphatic heterocycles. The molecule has 0 saturated carbocycles. The van der Waals surface area contributed by atoms with E-state index in [1.165, 1.54) is 29.2 Å². The van der Waals surface area contributed by atoms with E-state index in [0.29, 0.717) is 23.6 Å². The van der Waals surface area contributed by atoms with E-state index in [0.717, 1.165) is 0 Å². The summed E-state index contributed by atoms with van der Waals surface area (Å²) in [4.78, 5) is 38.0. The van der Waals surface area contributed by atoms with Crippen molar-refractivity contribution in [2.45, 2.75) is 13.0 Å². The second kappa shape index (κ2) is 8.96. The number of nitrogens with zero attached hydrogens (tertiary/aromatic N) is 2. The molecule has 1 aliphatic rings. The number of carbonyl (C=O) groups excluding carboxylic acids is 2. The minimum absolute atomic E-state index is 0.105. The van der Waals surface area contributed by atoms with Gasteiger partial charge < -0.3 is 9.84 Å². The number of para-hydroxylation sites is 1. The molecule has 1 unspecified atom stereocenters. The number of rotatable bonds is 6. The van der Waals surface area contributed by atoms with Crippen molar-refractivity contribution in [2.24, 2.45) is 0 Å². The van der Waals surface area contributed by atoms with Crippen molar-refractivity contribution in [1.29, 1.82) is 0 Å². The van der Waals surface area contributed by atoms with Crippen molar-refractivity contribution >= 4 is 28.8 Å². The SMILES string of the molecule is CCOc1cccc(C2/C(=C(\O)c3ccc([N+](=O)[O-])cc3)C(=O)C(=O)N2c2ccccc2)c1. The number of anilines is 1. The minimum atomic E-state index is -0.914. The Labute approximate surface area is 189 Å². The van der Waals surface area contributed by atoms with Gasteiger partial charge in [-0.3, -0.25) is 24.6 Å². The van der Waals surface area contributed by atoms with E-state index in [9.17, 15) is 24.8 Å². The number of Topliss-reactive ketones (excluding diaryl/α,β-unsaturated/α-hetero) is 1. The number of nitro benzene ring substituents is 1. The molecule has 1 atom stereocenters. The highest BCUT2D eigenvalue weighted by Crippen LogP contribution is 2.42. The Morgan fingerprint density at radius 2 is 1.73 bits per heavy atom. The van der Waals surface area contributed by atoms with Crippen LogP contribution in [0.5, 0.6) is 5.75 Å². The van der Waals surface area contributed by atoms with Gasteiger partial charge >= 0.3 is 0 Å². The molecular formula is C25H20N2O6. The Kier molecular flexibility index (Phi) is 5.91. The maximum atomic E-state index is 13.1. The fraction of sp³-hybridized carbons (Fsp3) is 0.120. The van der Waals surface area contributed by atoms with Gasteiger partial charge in [0.05, 0.1) is 23.1 Å². The fourth-order valence-electron chi connectivity index (χ4n) is 3.84. The summed E-state index contributed by atoms with van der Waals surface area (Å²) < 4.78 is 5.59. The van der Waals surface area contributed by atoms with Crippen LogP contribution in [0.25, 0.3) is 5.76 Å². The van der Waals surface area contributed by atoms with Crippen LogP contribution in [0.15, 0.2) is 84.4 Å². The lowest BCUT2D eigenvalue weighted by Crippen LogP contribution is -2.29. The number of aliphatic hydroxyl groups excluding tert-OH is 1. The topological polar surface area (TPSA) is 110 Å². The maximum Gasteiger partial charge on any atom is 0.300 e. The molecule has 3 aromatic carbocycles. The van der Waals surface area contributed by atoms with E-state index in [2.05, 4.69) is 0 Å². The van der Waals surface area contributed by atoms with E-state index in [1.54, 1.807) is 54.6 Å². The van der Waals surface area contributed by atoms with Crippen molar-refractivity contribution in [3.63, 3.8) is 0 Å². The van der Waals surface area contributed by atoms with Gasteiger partial charge in [0.25, 0.3) is 17.4 Å². The van der Waals surface area contributed by atoms with Crippen molar-refractivity contribution < 1.29 is 24.4 Å². The number of hydrogen-bond acceptors (Lipinski definition) is 6. The monoisotopic (exact) mass is 444 g/mol. The maximum absolute atomic E-state index is 13.1. The zero-order chi connectivity index (χ0) is 23.5. The van der Waals surface area contributed by atoms with Crippen LogP contribution in [0.4, 0.5) is 11.4 Å². The quantitative estimate of drug-likeness (QED) is 0.195. The first-order chi connectivity index (χ1) is 15.9. The largest absolute Gasteiger partial charge is 0.507 e. The molecular weight excluding hydrogens is 424 g/mol. The molecule has 166 valence electrons. The van der Waals surface area contributed by atoms with E-state index in [1.807, 2.05) is 6.92 Å². The number of amides is 1. The lowest BCUT2D eigenvalue weighted by atomic mass is 9.95. The fourth-order valence-corrected chi connectivity index (χ4v) is 3.84. The predicted molar refractivity (Wildman–Crippen MR) is 122 cm³/mol. The highest BCUT2D eigenvalue weighted by atomic mass is 16.6. The first-order valence-corrected chi connectivity index (χ1v) is 10.3. The summed E-state index contributed by atoms with van der Waals surface area (Å²) in [5, 5.41) is 22.1. The van der Waals surface area contributed by atoms with Crippen LogP contribution < -0.4 is 9.64 Å². The van der Waals surface area contributed by atoms with E-state index < -0.39 is 28.4 Å². The van der Waals surface area contributed by atoms with Crippen LogP contribution in [0, 0.1) is 10.1 Å². The van der Waals surface area contributed by atoms with Gasteiger partial charge in [-0.2, -0.15) is 0 Å². The summed E-state index contributed by atoms with van der Waals surface area (Å²) in [5.41, 5.74) is 1.00. The van der Waals surface area contributed by atoms with Crippen molar-refractivity contribution in [2.75, 3.05) is 11.5 Å². The first-order valence-electron chi connectivity index (χ1n) is 10.3. The van der Waals surface area contributed by atoms with Crippen molar-refractivity contribution in [1.82, 2.24) is 0 Å². The molecule has 0 radical (unpaired) electrons. The first kappa shape index (κ1) is 21.8. The highest BCUT2D eigenvalue weighted by molar-refractivity contribution is 6.51. The highest BCUT2D eigenvalue weighted by Gasteiger charge is 2.47. The number of benzene rings is 3. The van der Waals surface area contributed by atoms with Crippen LogP contribution in [0.3, 0.4) is 0 Å². The summed E-state index contributed by atoms with van der Waals surface area (Å²) in [6, 6.07) is 19.9. The number of ketones is 1. The van der Waals surface area contributed by atoms with Crippen LogP contribution in [-0.4, -0.2) is 28.3 Å². The molecule has 4 rings (SSSR count). The smallest absolute Gasteiger partial charge is 0.300 e. The summed E-state index contributed by atoms with van der Waals surface area (Å²) in [6.45, 7) is 2.28. The third kappa shape index (κ3) is 4.06. The number of carbonyl (C=O) groups is 2. The Balaban J connectivity index is 1.91. The molecule has 33 heavy (non-hydrogen) atoms. The lowest BCUT2D eigenvalue weighted by molar-refractivity contribution is -0.384. The minimum Gasteiger partial charge on any atom is -0.507 e. The standard InChI is InChI=1S/C25H20N2O6/c1-2-33-20-10-6-7-17(15-20)22-21(23(28)16-11-13-19(14-12-16)27(31)32)24(29)25(30)26(22)18-8-4-3-5-9-18/h3-15,22,28H,2H2,1H3/b23-21+. The summed E-state index contributed by atoms with van der Waals surface area (Å²) >= 11 is 0. The lowest BCUT2D eigenvalue weighted by Gasteiger charge is -2.25. The van der Waals surface area contributed by atoms with Crippen LogP contribution in [0.1, 0.15) is 24.1 Å². The number of nitro groups is 1. The van der Waals surface area contributed by atoms with Gasteiger partial charge in [-0.25, -0.2) is 0 Å². The van der Waals surface area contributed by atoms with Gasteiger partial charge in [-0.15, -0.1) is 0 Å². The normalized spacial score (nSPS) is 17.2. The van der Waals surface area contributed by atoms with Crippen molar-refractivity contribution in [3.8, 4) is 5.75 Å². The second-order valence-corrected chi connectivity index (χ2v) is 7.31. The van der Waals surface area contributed by atoms with Crippen LogP contribution in [-0.2, 0) is 9.59 Å². The number of aliphatic hydroxyl groups is 1. The summed E-state index contributed by atoms with van der Waals surface area (Å²) in [7, 11) is 0.